The van der Waals surface area contributed by atoms with Crippen LogP contribution >= 0.6 is 0 Å². The van der Waals surface area contributed by atoms with Crippen LogP contribution in [0.25, 0.3) is 0 Å². The number of amides is 1. The number of benzene rings is 2. The molecule has 154 valence electrons. The molecule has 30 heavy (non-hydrogen) atoms. The Hall–Kier alpha value is -3.42. The number of carbonyl (C=O) groups excluding carboxylic acids is 1. The van der Waals surface area contributed by atoms with Gasteiger partial charge in [0.05, 0.1) is 43.0 Å². The molecule has 7 nitrogen and oxygen atoms in total. The van der Waals surface area contributed by atoms with Crippen molar-refractivity contribution in [1.82, 2.24) is 9.99 Å². The van der Waals surface area contributed by atoms with Crippen molar-refractivity contribution in [3.8, 4) is 0 Å². The van der Waals surface area contributed by atoms with E-state index >= 15 is 0 Å². The largest absolute Gasteiger partial charge is 0.397 e. The maximum Gasteiger partial charge on any atom is 0.255 e. The molecule has 0 saturated carbocycles. The molecule has 1 aliphatic heterocycles. The van der Waals surface area contributed by atoms with Crippen LogP contribution in [0.15, 0.2) is 73.1 Å². The van der Waals surface area contributed by atoms with Gasteiger partial charge in [0.25, 0.3) is 5.91 Å². The summed E-state index contributed by atoms with van der Waals surface area (Å²) < 4.78 is 5.50. The van der Waals surface area contributed by atoms with E-state index in [4.69, 9.17) is 10.5 Å². The number of hydrazine groups is 1. The molecule has 1 amide bonds. The van der Waals surface area contributed by atoms with Crippen LogP contribution in [-0.4, -0.2) is 42.2 Å². The molecule has 3 N–H and O–H groups in total. The number of carbonyl (C=O) groups is 1. The van der Waals surface area contributed by atoms with E-state index in [1.807, 2.05) is 48.7 Å². The van der Waals surface area contributed by atoms with Gasteiger partial charge in [-0.1, -0.05) is 24.3 Å². The van der Waals surface area contributed by atoms with Crippen molar-refractivity contribution in [2.75, 3.05) is 42.4 Å². The van der Waals surface area contributed by atoms with Gasteiger partial charge in [0.15, 0.2) is 0 Å². The summed E-state index contributed by atoms with van der Waals surface area (Å²) in [5, 5.41) is 7.35. The number of hydrogen-bond acceptors (Lipinski definition) is 6. The molecule has 0 aliphatic carbocycles. The highest BCUT2D eigenvalue weighted by atomic mass is 16.5. The lowest BCUT2D eigenvalue weighted by Crippen LogP contribution is -2.48. The number of ether oxygens (including phenoxy) is 1. The molecule has 2 aromatic carbocycles. The van der Waals surface area contributed by atoms with Crippen LogP contribution in [-0.2, 0) is 11.3 Å². The van der Waals surface area contributed by atoms with Crippen LogP contribution in [0.3, 0.4) is 0 Å². The van der Waals surface area contributed by atoms with Crippen molar-refractivity contribution < 1.29 is 9.53 Å². The van der Waals surface area contributed by atoms with Crippen LogP contribution in [0.1, 0.15) is 15.9 Å². The third-order valence-electron chi connectivity index (χ3n) is 5.03. The van der Waals surface area contributed by atoms with Crippen molar-refractivity contribution in [2.45, 2.75) is 6.54 Å². The Balaban J connectivity index is 1.48. The van der Waals surface area contributed by atoms with Crippen LogP contribution in [0.5, 0.6) is 0 Å². The quantitative estimate of drug-likeness (QED) is 0.615. The van der Waals surface area contributed by atoms with Crippen LogP contribution in [0, 0.1) is 0 Å². The predicted molar refractivity (Wildman–Crippen MR) is 118 cm³/mol. The molecule has 0 atom stereocenters. The molecule has 0 unspecified atom stereocenters. The Bertz CT molecular complexity index is 972. The summed E-state index contributed by atoms with van der Waals surface area (Å²) in [7, 11) is 0. The molecule has 1 saturated heterocycles. The number of nitrogens with two attached hydrogens (primary N) is 1. The third-order valence-corrected chi connectivity index (χ3v) is 5.03. The van der Waals surface area contributed by atoms with Crippen molar-refractivity contribution >= 4 is 23.0 Å². The van der Waals surface area contributed by atoms with E-state index in [2.05, 4.69) is 26.4 Å². The standard InChI is InChI=1S/C23H25N5O2/c24-21-5-1-2-6-22(21)26-23(29)19-9-7-18(8-10-19)17-28(20-4-3-11-25-16-20)27-12-14-30-15-13-27/h1-11,16H,12-15,17,24H2,(H,26,29). The maximum absolute atomic E-state index is 12.6. The number of anilines is 3. The molecular weight excluding hydrogens is 378 g/mol. The Morgan fingerprint density at radius 1 is 1.07 bits per heavy atom. The zero-order valence-electron chi connectivity index (χ0n) is 16.7. The van der Waals surface area contributed by atoms with Crippen LogP contribution in [0.4, 0.5) is 17.1 Å². The number of nitrogen functional groups attached to an aromatic ring is 1. The summed E-state index contributed by atoms with van der Waals surface area (Å²) in [4.78, 5) is 16.8. The molecule has 0 bridgehead atoms. The Kier molecular flexibility index (Phi) is 6.22. The number of nitrogens with zero attached hydrogens (tertiary/aromatic N) is 3. The second-order valence-electron chi connectivity index (χ2n) is 7.07. The summed E-state index contributed by atoms with van der Waals surface area (Å²) in [6.45, 7) is 3.75. The van der Waals surface area contributed by atoms with E-state index in [0.29, 0.717) is 36.7 Å². The maximum atomic E-state index is 12.6. The first-order chi connectivity index (χ1) is 14.7. The summed E-state index contributed by atoms with van der Waals surface area (Å²) in [5.74, 6) is -0.184. The minimum atomic E-state index is -0.184. The van der Waals surface area contributed by atoms with Crippen molar-refractivity contribution in [1.29, 1.82) is 0 Å². The van der Waals surface area contributed by atoms with Gasteiger partial charge in [-0.15, -0.1) is 0 Å². The average Bonchev–Trinajstić information content (AvgIpc) is 2.80. The molecule has 3 aromatic rings. The highest BCUT2D eigenvalue weighted by molar-refractivity contribution is 6.05. The fourth-order valence-electron chi connectivity index (χ4n) is 3.40. The molecule has 1 aromatic heterocycles. The van der Waals surface area contributed by atoms with Crippen molar-refractivity contribution in [3.05, 3.63) is 84.2 Å². The molecule has 1 fully saturated rings. The summed E-state index contributed by atoms with van der Waals surface area (Å²) in [6.07, 6.45) is 3.63. The Morgan fingerprint density at radius 3 is 2.53 bits per heavy atom. The van der Waals surface area contributed by atoms with E-state index in [0.717, 1.165) is 24.3 Å². The molecule has 2 heterocycles. The van der Waals surface area contributed by atoms with E-state index in [9.17, 15) is 4.79 Å². The average molecular weight is 403 g/mol. The number of nitrogens with one attached hydrogen (secondary N) is 1. The minimum Gasteiger partial charge on any atom is -0.397 e. The zero-order valence-corrected chi connectivity index (χ0v) is 16.7. The van der Waals surface area contributed by atoms with Gasteiger partial charge in [-0.25, -0.2) is 5.01 Å². The Labute approximate surface area is 176 Å². The predicted octanol–water partition coefficient (Wildman–Crippen LogP) is 3.17. The van der Waals surface area contributed by atoms with Gasteiger partial charge in [-0.2, -0.15) is 0 Å². The van der Waals surface area contributed by atoms with Crippen molar-refractivity contribution in [3.63, 3.8) is 0 Å². The molecule has 4 rings (SSSR count). The first-order valence-electron chi connectivity index (χ1n) is 9.96. The van der Waals surface area contributed by atoms with Gasteiger partial charge in [0.1, 0.15) is 0 Å². The molecule has 7 heteroatoms. The number of morpholine rings is 1. The number of hydrogen-bond donors (Lipinski definition) is 2. The second-order valence-corrected chi connectivity index (χ2v) is 7.07. The first kappa shape index (κ1) is 19.9. The SMILES string of the molecule is Nc1ccccc1NC(=O)c1ccc(CN(c2cccnc2)N2CCOCC2)cc1. The van der Waals surface area contributed by atoms with E-state index in [1.165, 1.54) is 0 Å². The molecular formula is C23H25N5O2. The summed E-state index contributed by atoms with van der Waals surface area (Å²) in [6, 6.07) is 18.8. The van der Waals surface area contributed by atoms with Gasteiger partial charge in [-0.05, 0) is 42.0 Å². The zero-order chi connectivity index (χ0) is 20.8. The fraction of sp³-hybridized carbons (Fsp3) is 0.217. The van der Waals surface area contributed by atoms with Gasteiger partial charge >= 0.3 is 0 Å². The lowest BCUT2D eigenvalue weighted by Gasteiger charge is -2.38. The second kappa shape index (κ2) is 9.39. The van der Waals surface area contributed by atoms with E-state index in [-0.39, 0.29) is 5.91 Å². The lowest BCUT2D eigenvalue weighted by atomic mass is 10.1. The highest BCUT2D eigenvalue weighted by Gasteiger charge is 2.20. The number of para-hydroxylation sites is 2. The fourth-order valence-corrected chi connectivity index (χ4v) is 3.40. The number of pyridine rings is 1. The lowest BCUT2D eigenvalue weighted by molar-refractivity contribution is 0.0306. The molecule has 0 spiro atoms. The van der Waals surface area contributed by atoms with Gasteiger partial charge in [0, 0.05) is 24.8 Å². The van der Waals surface area contributed by atoms with Crippen molar-refractivity contribution in [2.24, 2.45) is 0 Å². The van der Waals surface area contributed by atoms with E-state index in [1.54, 1.807) is 18.3 Å². The highest BCUT2D eigenvalue weighted by Crippen LogP contribution is 2.21. The third kappa shape index (κ3) is 4.76. The topological polar surface area (TPSA) is 83.7 Å². The van der Waals surface area contributed by atoms with Crippen LogP contribution < -0.4 is 16.1 Å². The van der Waals surface area contributed by atoms with Gasteiger partial charge < -0.3 is 15.8 Å². The Morgan fingerprint density at radius 2 is 1.83 bits per heavy atom. The smallest absolute Gasteiger partial charge is 0.255 e. The molecule has 1 aliphatic rings. The van der Waals surface area contributed by atoms with Gasteiger partial charge in [-0.3, -0.25) is 14.8 Å². The van der Waals surface area contributed by atoms with Gasteiger partial charge in [0.2, 0.25) is 0 Å². The monoisotopic (exact) mass is 403 g/mol. The normalized spacial score (nSPS) is 14.3. The minimum absolute atomic E-state index is 0.184. The first-order valence-corrected chi connectivity index (χ1v) is 9.96. The number of aromatic nitrogens is 1. The molecule has 0 radical (unpaired) electrons. The van der Waals surface area contributed by atoms with Crippen LogP contribution in [0.2, 0.25) is 0 Å². The van der Waals surface area contributed by atoms with E-state index < -0.39 is 0 Å². The number of rotatable bonds is 6. The summed E-state index contributed by atoms with van der Waals surface area (Å²) in [5.41, 5.74) is 9.78. The summed E-state index contributed by atoms with van der Waals surface area (Å²) >= 11 is 0.